The first kappa shape index (κ1) is 26.7. The van der Waals surface area contributed by atoms with Crippen LogP contribution >= 0.6 is 0 Å². The molecule has 0 aliphatic carbocycles. The minimum Gasteiger partial charge on any atom is -0.467 e. The third-order valence-corrected chi connectivity index (χ3v) is 7.05. The number of benzene rings is 2. The molecular formula is C30H39N3O4. The van der Waals surface area contributed by atoms with Crippen LogP contribution in [0.4, 0.5) is 5.69 Å². The Balaban J connectivity index is 2.12. The highest BCUT2D eigenvalue weighted by molar-refractivity contribution is 6.08. The molecule has 0 saturated heterocycles. The Labute approximate surface area is 219 Å². The molecule has 4 rings (SSSR count). The third kappa shape index (κ3) is 4.97. The number of rotatable bonds is 6. The molecule has 1 aliphatic heterocycles. The Kier molecular flexibility index (Phi) is 7.12. The second-order valence-electron chi connectivity index (χ2n) is 11.2. The summed E-state index contributed by atoms with van der Waals surface area (Å²) in [5.74, 6) is -0.412. The summed E-state index contributed by atoms with van der Waals surface area (Å²) in [5.41, 5.74) is 7.47. The van der Waals surface area contributed by atoms with E-state index >= 15 is 0 Å². The van der Waals surface area contributed by atoms with E-state index in [1.807, 2.05) is 27.7 Å². The average Bonchev–Trinajstić information content (AvgIpc) is 3.16. The summed E-state index contributed by atoms with van der Waals surface area (Å²) in [7, 11) is 4.95. The molecule has 0 fully saturated rings. The van der Waals surface area contributed by atoms with Crippen LogP contribution < -0.4 is 4.90 Å². The van der Waals surface area contributed by atoms with Crippen molar-refractivity contribution in [1.29, 1.82) is 0 Å². The highest BCUT2D eigenvalue weighted by Crippen LogP contribution is 2.48. The maximum atomic E-state index is 13.3. The number of likely N-dealkylation sites (N-methyl/N-ethyl adjacent to an activating group) is 1. The highest BCUT2D eigenvalue weighted by Gasteiger charge is 2.36. The molecule has 2 aromatic carbocycles. The van der Waals surface area contributed by atoms with Crippen molar-refractivity contribution < 1.29 is 19.1 Å². The molecule has 1 aliphatic rings. The van der Waals surface area contributed by atoms with Crippen molar-refractivity contribution in [3.8, 4) is 11.1 Å². The summed E-state index contributed by atoms with van der Waals surface area (Å²) < 4.78 is 14.0. The van der Waals surface area contributed by atoms with Gasteiger partial charge < -0.3 is 23.8 Å². The van der Waals surface area contributed by atoms with Crippen LogP contribution in [0.1, 0.15) is 49.3 Å². The maximum absolute atomic E-state index is 13.3. The summed E-state index contributed by atoms with van der Waals surface area (Å²) in [6.45, 7) is 13.8. The van der Waals surface area contributed by atoms with Gasteiger partial charge in [-0.05, 0) is 64.3 Å². The summed E-state index contributed by atoms with van der Waals surface area (Å²) >= 11 is 0. The standard InChI is InChI=1S/C30H39N3O4/c1-18-10-12-21(13-11-18)25-22-16-19(2)33-15-14-32(17-23(34)31(7)8)26(27(22)33)20(3)24(25)28(29(35)36-9)37-30(4,5)6/h10-13,16,28H,14-15,17H2,1-9H3/t28-/m0/s1. The minimum atomic E-state index is -0.932. The molecule has 3 aromatic rings. The number of amides is 1. The fourth-order valence-corrected chi connectivity index (χ4v) is 5.28. The van der Waals surface area contributed by atoms with Gasteiger partial charge in [-0.25, -0.2) is 4.79 Å². The first-order valence-electron chi connectivity index (χ1n) is 12.8. The summed E-state index contributed by atoms with van der Waals surface area (Å²) in [4.78, 5) is 29.9. The third-order valence-electron chi connectivity index (χ3n) is 7.05. The molecule has 7 nitrogen and oxygen atoms in total. The predicted octanol–water partition coefficient (Wildman–Crippen LogP) is 5.17. The number of carbonyl (C=O) groups is 2. The zero-order chi connectivity index (χ0) is 27.2. The van der Waals surface area contributed by atoms with Gasteiger partial charge in [0, 0.05) is 43.8 Å². The van der Waals surface area contributed by atoms with E-state index in [9.17, 15) is 9.59 Å². The van der Waals surface area contributed by atoms with Crippen LogP contribution in [-0.4, -0.2) is 61.2 Å². The number of hydrogen-bond acceptors (Lipinski definition) is 5. The van der Waals surface area contributed by atoms with Gasteiger partial charge in [-0.1, -0.05) is 29.8 Å². The van der Waals surface area contributed by atoms with E-state index in [-0.39, 0.29) is 12.5 Å². The quantitative estimate of drug-likeness (QED) is 0.433. The lowest BCUT2D eigenvalue weighted by atomic mass is 9.87. The number of aromatic nitrogens is 1. The topological polar surface area (TPSA) is 64.0 Å². The number of esters is 1. The van der Waals surface area contributed by atoms with E-state index in [2.05, 4.69) is 53.6 Å². The number of carbonyl (C=O) groups excluding carboxylic acids is 2. The van der Waals surface area contributed by atoms with E-state index in [0.717, 1.165) is 56.6 Å². The zero-order valence-corrected chi connectivity index (χ0v) is 23.6. The molecule has 7 heteroatoms. The zero-order valence-electron chi connectivity index (χ0n) is 23.6. The summed E-state index contributed by atoms with van der Waals surface area (Å²) in [5, 5.41) is 1.05. The van der Waals surface area contributed by atoms with Gasteiger partial charge in [0.1, 0.15) is 0 Å². The molecule has 1 amide bonds. The van der Waals surface area contributed by atoms with Crippen molar-refractivity contribution in [2.24, 2.45) is 0 Å². The van der Waals surface area contributed by atoms with Gasteiger partial charge in [-0.2, -0.15) is 0 Å². The highest BCUT2D eigenvalue weighted by atomic mass is 16.6. The summed E-state index contributed by atoms with van der Waals surface area (Å²) in [6.07, 6.45) is -0.932. The SMILES string of the molecule is COC(=O)[C@@H](OC(C)(C)C)c1c(C)c2c3c(cc(C)n3CCN2CC(=O)N(C)C)c1-c1ccc(C)cc1. The van der Waals surface area contributed by atoms with Crippen LogP contribution in [0.3, 0.4) is 0 Å². The lowest BCUT2D eigenvalue weighted by molar-refractivity contribution is -0.164. The molecule has 0 N–H and O–H groups in total. The second kappa shape index (κ2) is 9.86. The smallest absolute Gasteiger partial charge is 0.339 e. The normalized spacial score (nSPS) is 14.1. The van der Waals surface area contributed by atoms with E-state index in [4.69, 9.17) is 9.47 Å². The lowest BCUT2D eigenvalue weighted by Crippen LogP contribution is -2.41. The van der Waals surface area contributed by atoms with Crippen LogP contribution in [0, 0.1) is 20.8 Å². The van der Waals surface area contributed by atoms with Crippen molar-refractivity contribution in [3.05, 3.63) is 52.7 Å². The molecule has 0 saturated carbocycles. The molecule has 1 atom stereocenters. The number of ether oxygens (including phenoxy) is 2. The molecule has 2 heterocycles. The number of nitrogens with zero attached hydrogens (tertiary/aromatic N) is 3. The maximum Gasteiger partial charge on any atom is 0.339 e. The first-order valence-corrected chi connectivity index (χ1v) is 12.8. The predicted molar refractivity (Wildman–Crippen MR) is 148 cm³/mol. The van der Waals surface area contributed by atoms with E-state index in [1.54, 1.807) is 19.0 Å². The number of aryl methyl sites for hydroxylation is 2. The van der Waals surface area contributed by atoms with Crippen molar-refractivity contribution in [2.45, 2.75) is 59.8 Å². The van der Waals surface area contributed by atoms with Crippen molar-refractivity contribution >= 4 is 28.5 Å². The van der Waals surface area contributed by atoms with Gasteiger partial charge >= 0.3 is 5.97 Å². The molecule has 0 bridgehead atoms. The first-order chi connectivity index (χ1) is 17.3. The molecule has 0 radical (unpaired) electrons. The number of methoxy groups -OCH3 is 1. The van der Waals surface area contributed by atoms with E-state index in [1.165, 1.54) is 7.11 Å². The van der Waals surface area contributed by atoms with Gasteiger partial charge in [0.2, 0.25) is 5.91 Å². The van der Waals surface area contributed by atoms with Gasteiger partial charge in [0.05, 0.1) is 30.5 Å². The van der Waals surface area contributed by atoms with Crippen molar-refractivity contribution in [1.82, 2.24) is 9.47 Å². The largest absolute Gasteiger partial charge is 0.467 e. The van der Waals surface area contributed by atoms with Crippen molar-refractivity contribution in [3.63, 3.8) is 0 Å². The van der Waals surface area contributed by atoms with Gasteiger partial charge in [-0.15, -0.1) is 0 Å². The van der Waals surface area contributed by atoms with Crippen LogP contribution in [0.2, 0.25) is 0 Å². The van der Waals surface area contributed by atoms with Gasteiger partial charge in [0.15, 0.2) is 6.10 Å². The van der Waals surface area contributed by atoms with E-state index in [0.29, 0.717) is 6.54 Å². The van der Waals surface area contributed by atoms with Gasteiger partial charge in [-0.3, -0.25) is 4.79 Å². The number of anilines is 1. The molecule has 0 spiro atoms. The Morgan fingerprint density at radius 2 is 1.70 bits per heavy atom. The molecule has 1 aromatic heterocycles. The van der Waals surface area contributed by atoms with Crippen LogP contribution in [0.15, 0.2) is 30.3 Å². The number of hydrogen-bond donors (Lipinski definition) is 0. The monoisotopic (exact) mass is 505 g/mol. The summed E-state index contributed by atoms with van der Waals surface area (Å²) in [6, 6.07) is 10.6. The Hall–Kier alpha value is -3.32. The lowest BCUT2D eigenvalue weighted by Gasteiger charge is -2.36. The van der Waals surface area contributed by atoms with Crippen molar-refractivity contribution in [2.75, 3.05) is 39.2 Å². The Bertz CT molecular complexity index is 1350. The second-order valence-corrected chi connectivity index (χ2v) is 11.2. The van der Waals surface area contributed by atoms with Crippen LogP contribution in [-0.2, 0) is 25.6 Å². The van der Waals surface area contributed by atoms with Crippen LogP contribution in [0.5, 0.6) is 0 Å². The average molecular weight is 506 g/mol. The Morgan fingerprint density at radius 1 is 1.05 bits per heavy atom. The molecular weight excluding hydrogens is 466 g/mol. The fraction of sp³-hybridized carbons (Fsp3) is 0.467. The minimum absolute atomic E-state index is 0.0314. The van der Waals surface area contributed by atoms with Gasteiger partial charge in [0.25, 0.3) is 0 Å². The fourth-order valence-electron chi connectivity index (χ4n) is 5.28. The van der Waals surface area contributed by atoms with Crippen LogP contribution in [0.25, 0.3) is 22.0 Å². The molecule has 198 valence electrons. The molecule has 0 unspecified atom stereocenters. The van der Waals surface area contributed by atoms with E-state index < -0.39 is 17.7 Å². The Morgan fingerprint density at radius 3 is 2.27 bits per heavy atom. The molecule has 37 heavy (non-hydrogen) atoms.